The van der Waals surface area contributed by atoms with Crippen molar-refractivity contribution in [1.82, 2.24) is 0 Å². The number of carboxylic acid groups (broad SMARTS) is 2. The molecule has 4 heteroatoms. The highest BCUT2D eigenvalue weighted by Crippen LogP contribution is 2.23. The fraction of sp³-hybridized carbons (Fsp3) is 0. The number of hydrogen-bond donors (Lipinski definition) is 2. The molecule has 0 aliphatic carbocycles. The van der Waals surface area contributed by atoms with E-state index in [9.17, 15) is 19.8 Å². The molecular formula is C24H18O4. The van der Waals surface area contributed by atoms with Crippen molar-refractivity contribution in [2.45, 2.75) is 0 Å². The van der Waals surface area contributed by atoms with Crippen LogP contribution in [0, 0.1) is 0 Å². The van der Waals surface area contributed by atoms with Crippen LogP contribution in [-0.2, 0) is 9.59 Å². The minimum Gasteiger partial charge on any atom is -0.478 e. The summed E-state index contributed by atoms with van der Waals surface area (Å²) in [4.78, 5) is 23.4. The Balaban J connectivity index is 1.97. The first kappa shape index (κ1) is 18.9. The molecule has 138 valence electrons. The summed E-state index contributed by atoms with van der Waals surface area (Å²) in [6.07, 6.45) is 3.19. The van der Waals surface area contributed by atoms with Gasteiger partial charge in [0.05, 0.1) is 11.1 Å². The highest BCUT2D eigenvalue weighted by atomic mass is 16.4. The lowest BCUT2D eigenvalue weighted by Gasteiger charge is -2.07. The molecule has 0 radical (unpaired) electrons. The third kappa shape index (κ3) is 4.62. The minimum atomic E-state index is -1.05. The van der Waals surface area contributed by atoms with Crippen LogP contribution >= 0.6 is 0 Å². The van der Waals surface area contributed by atoms with Crippen molar-refractivity contribution in [3.05, 3.63) is 107 Å². The van der Waals surface area contributed by atoms with E-state index in [2.05, 4.69) is 0 Å². The molecule has 0 aromatic heterocycles. The van der Waals surface area contributed by atoms with Crippen LogP contribution < -0.4 is 0 Å². The summed E-state index contributed by atoms with van der Waals surface area (Å²) in [5.74, 6) is -2.09. The third-order valence-electron chi connectivity index (χ3n) is 4.19. The molecule has 3 aromatic carbocycles. The molecule has 0 heterocycles. The van der Waals surface area contributed by atoms with Gasteiger partial charge in [0.1, 0.15) is 0 Å². The normalized spacial score (nSPS) is 11.9. The van der Waals surface area contributed by atoms with Gasteiger partial charge in [-0.2, -0.15) is 0 Å². The fourth-order valence-electron chi connectivity index (χ4n) is 2.80. The molecule has 28 heavy (non-hydrogen) atoms. The summed E-state index contributed by atoms with van der Waals surface area (Å²) in [5.41, 5.74) is 2.84. The van der Waals surface area contributed by atoms with E-state index in [1.165, 1.54) is 0 Å². The Bertz CT molecular complexity index is 944. The van der Waals surface area contributed by atoms with E-state index in [0.29, 0.717) is 11.1 Å². The Morgan fingerprint density at radius 1 is 0.536 bits per heavy atom. The van der Waals surface area contributed by atoms with E-state index in [4.69, 9.17) is 0 Å². The zero-order valence-electron chi connectivity index (χ0n) is 14.9. The van der Waals surface area contributed by atoms with Crippen molar-refractivity contribution in [3.8, 4) is 0 Å². The summed E-state index contributed by atoms with van der Waals surface area (Å²) in [6, 6.07) is 24.8. The van der Waals surface area contributed by atoms with Gasteiger partial charge in [-0.1, -0.05) is 84.9 Å². The van der Waals surface area contributed by atoms with Crippen molar-refractivity contribution in [1.29, 1.82) is 0 Å². The standard InChI is InChI=1S/C24H18O4/c25-23(26)21(15-17-7-3-1-4-8-17)19-11-13-20(14-12-19)22(24(27)28)16-18-9-5-2-6-10-18/h1-16H,(H,25,26)(H,27,28). The number of aliphatic carboxylic acids is 2. The highest BCUT2D eigenvalue weighted by Gasteiger charge is 2.14. The molecule has 0 aliphatic rings. The lowest BCUT2D eigenvalue weighted by atomic mass is 9.98. The topological polar surface area (TPSA) is 74.6 Å². The van der Waals surface area contributed by atoms with E-state index in [1.807, 2.05) is 60.7 Å². The van der Waals surface area contributed by atoms with Crippen LogP contribution in [0.2, 0.25) is 0 Å². The molecule has 4 nitrogen and oxygen atoms in total. The lowest BCUT2D eigenvalue weighted by Crippen LogP contribution is -2.02. The quantitative estimate of drug-likeness (QED) is 0.476. The Labute approximate surface area is 162 Å². The average molecular weight is 370 g/mol. The van der Waals surface area contributed by atoms with E-state index in [1.54, 1.807) is 36.4 Å². The number of benzene rings is 3. The molecule has 0 unspecified atom stereocenters. The summed E-state index contributed by atoms with van der Waals surface area (Å²) >= 11 is 0. The Morgan fingerprint density at radius 3 is 1.14 bits per heavy atom. The van der Waals surface area contributed by atoms with E-state index < -0.39 is 11.9 Å². The van der Waals surface area contributed by atoms with Crippen LogP contribution in [0.4, 0.5) is 0 Å². The predicted molar refractivity (Wildman–Crippen MR) is 110 cm³/mol. The van der Waals surface area contributed by atoms with Gasteiger partial charge in [0, 0.05) is 0 Å². The highest BCUT2D eigenvalue weighted by molar-refractivity contribution is 6.22. The van der Waals surface area contributed by atoms with Crippen LogP contribution in [0.25, 0.3) is 23.3 Å². The van der Waals surface area contributed by atoms with Crippen LogP contribution in [0.1, 0.15) is 22.3 Å². The van der Waals surface area contributed by atoms with Gasteiger partial charge < -0.3 is 10.2 Å². The molecule has 3 rings (SSSR count). The summed E-state index contributed by atoms with van der Waals surface area (Å²) in [7, 11) is 0. The number of hydrogen-bond acceptors (Lipinski definition) is 2. The van der Waals surface area contributed by atoms with Crippen LogP contribution in [0.15, 0.2) is 84.9 Å². The van der Waals surface area contributed by atoms with Gasteiger partial charge in [-0.05, 0) is 34.4 Å². The van der Waals surface area contributed by atoms with Gasteiger partial charge in [-0.25, -0.2) is 9.59 Å². The van der Waals surface area contributed by atoms with Gasteiger partial charge in [0.15, 0.2) is 0 Å². The van der Waals surface area contributed by atoms with Gasteiger partial charge >= 0.3 is 11.9 Å². The van der Waals surface area contributed by atoms with E-state index in [0.717, 1.165) is 11.1 Å². The monoisotopic (exact) mass is 370 g/mol. The van der Waals surface area contributed by atoms with Crippen molar-refractivity contribution in [3.63, 3.8) is 0 Å². The molecule has 0 atom stereocenters. The maximum absolute atomic E-state index is 11.7. The van der Waals surface area contributed by atoms with Crippen LogP contribution in [0.3, 0.4) is 0 Å². The number of carboxylic acids is 2. The van der Waals surface area contributed by atoms with E-state index >= 15 is 0 Å². The van der Waals surface area contributed by atoms with Crippen molar-refractivity contribution < 1.29 is 19.8 Å². The molecule has 0 bridgehead atoms. The van der Waals surface area contributed by atoms with Crippen molar-refractivity contribution in [2.75, 3.05) is 0 Å². The third-order valence-corrected chi connectivity index (χ3v) is 4.19. The van der Waals surface area contributed by atoms with Gasteiger partial charge in [-0.15, -0.1) is 0 Å². The molecule has 3 aromatic rings. The first-order valence-electron chi connectivity index (χ1n) is 8.65. The molecule has 0 amide bonds. The van der Waals surface area contributed by atoms with Crippen molar-refractivity contribution in [2.24, 2.45) is 0 Å². The molecule has 0 spiro atoms. The molecule has 0 saturated carbocycles. The van der Waals surface area contributed by atoms with Gasteiger partial charge in [-0.3, -0.25) is 0 Å². The zero-order valence-corrected chi connectivity index (χ0v) is 14.9. The van der Waals surface area contributed by atoms with Gasteiger partial charge in [0.2, 0.25) is 0 Å². The fourth-order valence-corrected chi connectivity index (χ4v) is 2.80. The predicted octanol–water partition coefficient (Wildman–Crippen LogP) is 4.94. The summed E-state index contributed by atoms with van der Waals surface area (Å²) in [6.45, 7) is 0. The van der Waals surface area contributed by atoms with Crippen LogP contribution in [-0.4, -0.2) is 22.2 Å². The zero-order chi connectivity index (χ0) is 19.9. The molecule has 0 fully saturated rings. The molecule has 0 saturated heterocycles. The second-order valence-corrected chi connectivity index (χ2v) is 6.13. The Morgan fingerprint density at radius 2 is 0.857 bits per heavy atom. The Hall–Kier alpha value is -3.92. The summed E-state index contributed by atoms with van der Waals surface area (Å²) < 4.78 is 0. The smallest absolute Gasteiger partial charge is 0.336 e. The molecular weight excluding hydrogens is 352 g/mol. The van der Waals surface area contributed by atoms with Crippen LogP contribution in [0.5, 0.6) is 0 Å². The second kappa shape index (κ2) is 8.64. The largest absolute Gasteiger partial charge is 0.478 e. The first-order chi connectivity index (χ1) is 13.5. The molecule has 0 aliphatic heterocycles. The van der Waals surface area contributed by atoms with Crippen molar-refractivity contribution >= 4 is 35.2 Å². The lowest BCUT2D eigenvalue weighted by molar-refractivity contribution is -0.131. The maximum Gasteiger partial charge on any atom is 0.336 e. The Kier molecular flexibility index (Phi) is 5.82. The maximum atomic E-state index is 11.7. The molecule has 2 N–H and O–H groups in total. The first-order valence-corrected chi connectivity index (χ1v) is 8.65. The summed E-state index contributed by atoms with van der Waals surface area (Å²) in [5, 5.41) is 19.2. The number of rotatable bonds is 6. The number of carbonyl (C=O) groups is 2. The average Bonchev–Trinajstić information content (AvgIpc) is 2.72. The SMILES string of the molecule is O=C(O)C(=Cc1ccccc1)c1ccc(C(=Cc2ccccc2)C(=O)O)cc1. The minimum absolute atomic E-state index is 0.140. The van der Waals surface area contributed by atoms with E-state index in [-0.39, 0.29) is 11.1 Å². The van der Waals surface area contributed by atoms with Gasteiger partial charge in [0.25, 0.3) is 0 Å². The second-order valence-electron chi connectivity index (χ2n) is 6.13.